The van der Waals surface area contributed by atoms with Gasteiger partial charge in [0.1, 0.15) is 23.7 Å². The molecule has 2 atom stereocenters. The number of ether oxygens (including phenoxy) is 1. The molecule has 3 N–H and O–H groups in total. The molecule has 1 amide bonds. The van der Waals surface area contributed by atoms with Crippen LogP contribution in [0.3, 0.4) is 0 Å². The molecule has 1 saturated heterocycles. The van der Waals surface area contributed by atoms with Crippen molar-refractivity contribution in [2.45, 2.75) is 12.1 Å². The number of amides is 1. The summed E-state index contributed by atoms with van der Waals surface area (Å²) in [4.78, 5) is 22.1. The summed E-state index contributed by atoms with van der Waals surface area (Å²) in [6, 6.07) is 3.55. The highest BCUT2D eigenvalue weighted by atomic mass is 19.1. The number of hydrogen-bond donors (Lipinski definition) is 2. The van der Waals surface area contributed by atoms with Gasteiger partial charge in [0.2, 0.25) is 11.8 Å². The van der Waals surface area contributed by atoms with Gasteiger partial charge in [-0.15, -0.1) is 0 Å². The number of nitrogens with one attached hydrogen (secondary N) is 1. The van der Waals surface area contributed by atoms with Gasteiger partial charge in [-0.25, -0.2) is 18.7 Å². The van der Waals surface area contributed by atoms with E-state index < -0.39 is 23.8 Å². The summed E-state index contributed by atoms with van der Waals surface area (Å²) in [7, 11) is 0. The Hall–Kier alpha value is -3.27. The molecule has 29 heavy (non-hydrogen) atoms. The molecule has 1 fully saturated rings. The van der Waals surface area contributed by atoms with E-state index >= 15 is 0 Å². The van der Waals surface area contributed by atoms with E-state index in [2.05, 4.69) is 20.2 Å². The highest BCUT2D eigenvalue weighted by molar-refractivity contribution is 5.96. The van der Waals surface area contributed by atoms with Gasteiger partial charge in [0.15, 0.2) is 5.69 Å². The number of morpholine rings is 1. The lowest BCUT2D eigenvalue weighted by molar-refractivity contribution is 0.0996. The third kappa shape index (κ3) is 3.97. The average molecular weight is 403 g/mol. The topological polar surface area (TPSA) is 107 Å². The SMILES string of the molecule is NC(=O)c1nc(C2C(F)=CC=CC2F)oc1Nc1ccc(N2CCOCC2)nc1. The van der Waals surface area contributed by atoms with Gasteiger partial charge in [-0.1, -0.05) is 6.08 Å². The maximum atomic E-state index is 14.1. The molecule has 2 aromatic rings. The van der Waals surface area contributed by atoms with Crippen LogP contribution in [-0.2, 0) is 4.74 Å². The van der Waals surface area contributed by atoms with Gasteiger partial charge >= 0.3 is 0 Å². The van der Waals surface area contributed by atoms with Crippen molar-refractivity contribution in [3.63, 3.8) is 0 Å². The first-order chi connectivity index (χ1) is 14.0. The summed E-state index contributed by atoms with van der Waals surface area (Å²) >= 11 is 0. The molecule has 1 aliphatic carbocycles. The van der Waals surface area contributed by atoms with Crippen molar-refractivity contribution in [2.75, 3.05) is 36.5 Å². The minimum atomic E-state index is -1.67. The number of oxazole rings is 1. The molecule has 0 spiro atoms. The summed E-state index contributed by atoms with van der Waals surface area (Å²) in [5.41, 5.74) is 5.61. The van der Waals surface area contributed by atoms with E-state index in [1.807, 2.05) is 0 Å². The van der Waals surface area contributed by atoms with Crippen molar-refractivity contribution in [1.29, 1.82) is 0 Å². The van der Waals surface area contributed by atoms with E-state index in [4.69, 9.17) is 14.9 Å². The maximum absolute atomic E-state index is 14.1. The van der Waals surface area contributed by atoms with Crippen molar-refractivity contribution in [3.8, 4) is 0 Å². The van der Waals surface area contributed by atoms with Crippen LogP contribution < -0.4 is 16.0 Å². The van der Waals surface area contributed by atoms with Gasteiger partial charge in [-0.2, -0.15) is 0 Å². The Morgan fingerprint density at radius 1 is 1.31 bits per heavy atom. The number of pyridine rings is 1. The van der Waals surface area contributed by atoms with E-state index in [1.165, 1.54) is 12.2 Å². The zero-order valence-electron chi connectivity index (χ0n) is 15.3. The zero-order chi connectivity index (χ0) is 20.4. The molecule has 0 saturated carbocycles. The first kappa shape index (κ1) is 19.1. The number of halogens is 2. The number of alkyl halides is 1. The average Bonchev–Trinajstić information content (AvgIpc) is 3.13. The van der Waals surface area contributed by atoms with Gasteiger partial charge in [0, 0.05) is 13.1 Å². The standard InChI is InChI=1S/C19H19F2N5O3/c20-12-2-1-3-13(21)15(12)18-25-16(17(22)27)19(29-18)24-11-4-5-14(23-10-11)26-6-8-28-9-7-26/h1-5,10,12,15,24H,6-9H2,(H2,22,27). The fourth-order valence-electron chi connectivity index (χ4n) is 3.17. The molecule has 0 bridgehead atoms. The van der Waals surface area contributed by atoms with Crippen LogP contribution in [-0.4, -0.2) is 48.4 Å². The first-order valence-electron chi connectivity index (χ1n) is 9.07. The molecular weight excluding hydrogens is 384 g/mol. The number of aromatic nitrogens is 2. The Bertz CT molecular complexity index is 951. The number of hydrogen-bond acceptors (Lipinski definition) is 7. The van der Waals surface area contributed by atoms with Crippen LogP contribution in [0.2, 0.25) is 0 Å². The smallest absolute Gasteiger partial charge is 0.273 e. The minimum absolute atomic E-state index is 0.0945. The van der Waals surface area contributed by atoms with Gasteiger partial charge in [-0.05, 0) is 24.3 Å². The molecule has 2 unspecified atom stereocenters. The number of allylic oxidation sites excluding steroid dienone is 4. The third-order valence-corrected chi connectivity index (χ3v) is 4.65. The third-order valence-electron chi connectivity index (χ3n) is 4.65. The fraction of sp³-hybridized carbons (Fsp3) is 0.316. The van der Waals surface area contributed by atoms with Crippen LogP contribution in [0.1, 0.15) is 22.3 Å². The molecule has 10 heteroatoms. The van der Waals surface area contributed by atoms with E-state index in [0.717, 1.165) is 25.0 Å². The number of primary amides is 1. The van der Waals surface area contributed by atoms with Crippen LogP contribution >= 0.6 is 0 Å². The first-order valence-corrected chi connectivity index (χ1v) is 9.07. The maximum Gasteiger partial charge on any atom is 0.273 e. The lowest BCUT2D eigenvalue weighted by Crippen LogP contribution is -2.36. The summed E-state index contributed by atoms with van der Waals surface area (Å²) < 4.78 is 39.0. The van der Waals surface area contributed by atoms with E-state index in [1.54, 1.807) is 18.3 Å². The van der Waals surface area contributed by atoms with Crippen molar-refractivity contribution in [1.82, 2.24) is 9.97 Å². The number of rotatable bonds is 5. The predicted molar refractivity (Wildman–Crippen MR) is 102 cm³/mol. The van der Waals surface area contributed by atoms with Crippen LogP contribution in [0.15, 0.2) is 46.8 Å². The zero-order valence-corrected chi connectivity index (χ0v) is 15.3. The molecular formula is C19H19F2N5O3. The molecule has 2 aliphatic rings. The highest BCUT2D eigenvalue weighted by Crippen LogP contribution is 2.36. The quantitative estimate of drug-likeness (QED) is 0.790. The van der Waals surface area contributed by atoms with Crippen LogP contribution in [0, 0.1) is 0 Å². The molecule has 3 heterocycles. The normalized spacial score (nSPS) is 21.7. The Morgan fingerprint density at radius 2 is 2.10 bits per heavy atom. The molecule has 0 radical (unpaired) electrons. The fourth-order valence-corrected chi connectivity index (χ4v) is 3.17. The largest absolute Gasteiger partial charge is 0.423 e. The molecule has 8 nitrogen and oxygen atoms in total. The van der Waals surface area contributed by atoms with Gasteiger partial charge < -0.3 is 25.1 Å². The summed E-state index contributed by atoms with van der Waals surface area (Å²) in [6.45, 7) is 2.77. The molecule has 152 valence electrons. The van der Waals surface area contributed by atoms with Gasteiger partial charge in [-0.3, -0.25) is 4.79 Å². The van der Waals surface area contributed by atoms with E-state index in [0.29, 0.717) is 18.9 Å². The van der Waals surface area contributed by atoms with Gasteiger partial charge in [0.25, 0.3) is 5.91 Å². The highest BCUT2D eigenvalue weighted by Gasteiger charge is 2.34. The summed E-state index contributed by atoms with van der Waals surface area (Å²) in [5, 5.41) is 2.86. The number of carbonyl (C=O) groups is 1. The van der Waals surface area contributed by atoms with Crippen molar-refractivity contribution < 1.29 is 22.7 Å². The lowest BCUT2D eigenvalue weighted by Gasteiger charge is -2.27. The Kier molecular flexibility index (Phi) is 5.26. The van der Waals surface area contributed by atoms with Crippen LogP contribution in [0.5, 0.6) is 0 Å². The number of carbonyl (C=O) groups excluding carboxylic acids is 1. The molecule has 2 aromatic heterocycles. The molecule has 4 rings (SSSR count). The second-order valence-electron chi connectivity index (χ2n) is 6.58. The Morgan fingerprint density at radius 3 is 2.76 bits per heavy atom. The minimum Gasteiger partial charge on any atom is -0.423 e. The Balaban J connectivity index is 1.56. The van der Waals surface area contributed by atoms with Crippen LogP contribution in [0.25, 0.3) is 0 Å². The van der Waals surface area contributed by atoms with Crippen molar-refractivity contribution in [3.05, 3.63) is 54.0 Å². The number of nitrogens with zero attached hydrogens (tertiary/aromatic N) is 3. The van der Waals surface area contributed by atoms with Crippen molar-refractivity contribution in [2.24, 2.45) is 5.73 Å². The Labute approximate surface area is 165 Å². The van der Waals surface area contributed by atoms with Crippen molar-refractivity contribution >= 4 is 23.3 Å². The second kappa shape index (κ2) is 8.00. The second-order valence-corrected chi connectivity index (χ2v) is 6.58. The van der Waals surface area contributed by atoms with Gasteiger partial charge in [0.05, 0.1) is 25.1 Å². The molecule has 1 aliphatic heterocycles. The summed E-state index contributed by atoms with van der Waals surface area (Å²) in [6.07, 6.45) is 3.47. The van der Waals surface area contributed by atoms with E-state index in [-0.39, 0.29) is 17.5 Å². The predicted octanol–water partition coefficient (Wildman–Crippen LogP) is 2.59. The molecule has 0 aromatic carbocycles. The van der Waals surface area contributed by atoms with Crippen LogP contribution in [0.4, 0.5) is 26.2 Å². The monoisotopic (exact) mass is 403 g/mol. The lowest BCUT2D eigenvalue weighted by atomic mass is 9.97. The number of anilines is 3. The van der Waals surface area contributed by atoms with E-state index in [9.17, 15) is 13.6 Å². The summed E-state index contributed by atoms with van der Waals surface area (Å²) in [5.74, 6) is -2.58. The number of nitrogens with two attached hydrogens (primary N) is 1.